The van der Waals surface area contributed by atoms with Gasteiger partial charge in [-0.25, -0.2) is 17.5 Å². The largest absolute Gasteiger partial charge is 0.493 e. The third-order valence-corrected chi connectivity index (χ3v) is 5.51. The van der Waals surface area contributed by atoms with Crippen LogP contribution in [0.25, 0.3) is 0 Å². The fourth-order valence-electron chi connectivity index (χ4n) is 2.49. The van der Waals surface area contributed by atoms with Crippen molar-refractivity contribution in [3.63, 3.8) is 0 Å². The Bertz CT molecular complexity index is 659. The molecule has 1 saturated heterocycles. The van der Waals surface area contributed by atoms with Crippen LogP contribution in [-0.4, -0.2) is 47.9 Å². The Balaban J connectivity index is 2.39. The summed E-state index contributed by atoms with van der Waals surface area (Å²) in [7, 11) is -1.43. The molecule has 130 valence electrons. The third-order valence-electron chi connectivity index (χ3n) is 3.92. The molecule has 1 aliphatic rings. The van der Waals surface area contributed by atoms with Crippen LogP contribution < -0.4 is 19.9 Å². The Labute approximate surface area is 135 Å². The van der Waals surface area contributed by atoms with E-state index in [1.165, 1.54) is 14.2 Å². The highest BCUT2D eigenvalue weighted by atomic mass is 32.2. The summed E-state index contributed by atoms with van der Waals surface area (Å²) < 4.78 is 57.2. The minimum absolute atomic E-state index is 0.102. The van der Waals surface area contributed by atoms with Gasteiger partial charge >= 0.3 is 0 Å². The van der Waals surface area contributed by atoms with Gasteiger partial charge in [-0.05, 0) is 12.8 Å². The lowest BCUT2D eigenvalue weighted by atomic mass is 9.92. The fourth-order valence-corrected chi connectivity index (χ4v) is 4.04. The highest BCUT2D eigenvalue weighted by molar-refractivity contribution is 7.89. The summed E-state index contributed by atoms with van der Waals surface area (Å²) in [6.45, 7) is 0.896. The van der Waals surface area contributed by atoms with Crippen molar-refractivity contribution in [2.75, 3.05) is 34.0 Å². The zero-order chi connectivity index (χ0) is 17.1. The molecular weight excluding hydrogens is 327 g/mol. The van der Waals surface area contributed by atoms with Crippen LogP contribution in [0.4, 0.5) is 4.39 Å². The first-order valence-electron chi connectivity index (χ1n) is 7.11. The monoisotopic (exact) mass is 348 g/mol. The van der Waals surface area contributed by atoms with Crippen molar-refractivity contribution in [3.8, 4) is 11.5 Å². The molecule has 23 heavy (non-hydrogen) atoms. The first kappa shape index (κ1) is 17.9. The quantitative estimate of drug-likeness (QED) is 0.782. The van der Waals surface area contributed by atoms with Gasteiger partial charge in [0.2, 0.25) is 10.0 Å². The van der Waals surface area contributed by atoms with Gasteiger partial charge < -0.3 is 19.9 Å². The number of halogens is 1. The van der Waals surface area contributed by atoms with Crippen LogP contribution in [0.5, 0.6) is 11.5 Å². The summed E-state index contributed by atoms with van der Waals surface area (Å²) in [5.74, 6) is -0.680. The second-order valence-corrected chi connectivity index (χ2v) is 6.99. The molecule has 7 nitrogen and oxygen atoms in total. The predicted molar refractivity (Wildman–Crippen MR) is 81.7 cm³/mol. The van der Waals surface area contributed by atoms with Crippen LogP contribution in [-0.2, 0) is 14.8 Å². The van der Waals surface area contributed by atoms with E-state index in [1.807, 2.05) is 0 Å². The van der Waals surface area contributed by atoms with E-state index in [0.717, 1.165) is 12.1 Å². The van der Waals surface area contributed by atoms with Crippen molar-refractivity contribution in [1.82, 2.24) is 4.72 Å². The van der Waals surface area contributed by atoms with E-state index in [0.29, 0.717) is 26.1 Å². The maximum atomic E-state index is 14.2. The van der Waals surface area contributed by atoms with Gasteiger partial charge in [0, 0.05) is 37.4 Å². The molecule has 0 unspecified atom stereocenters. The third kappa shape index (κ3) is 3.74. The number of hydrogen-bond donors (Lipinski definition) is 2. The molecule has 0 aromatic heterocycles. The smallest absolute Gasteiger partial charge is 0.244 e. The standard InChI is InChI=1S/C14H21FN2O5S/c1-20-11-7-10(15)13(8-12(11)21-2)23(18,19)17-14(9-16)3-5-22-6-4-14/h7-8,17H,3-6,9,16H2,1-2H3. The number of methoxy groups -OCH3 is 2. The zero-order valence-electron chi connectivity index (χ0n) is 13.1. The van der Waals surface area contributed by atoms with Crippen LogP contribution in [0.15, 0.2) is 17.0 Å². The van der Waals surface area contributed by atoms with E-state index in [-0.39, 0.29) is 18.0 Å². The highest BCUT2D eigenvalue weighted by Crippen LogP contribution is 2.33. The fraction of sp³-hybridized carbons (Fsp3) is 0.571. The van der Waals surface area contributed by atoms with Crippen LogP contribution in [0, 0.1) is 5.82 Å². The summed E-state index contributed by atoms with van der Waals surface area (Å²) in [5.41, 5.74) is 4.91. The average molecular weight is 348 g/mol. The Morgan fingerprint density at radius 3 is 2.35 bits per heavy atom. The van der Waals surface area contributed by atoms with Crippen molar-refractivity contribution in [2.45, 2.75) is 23.3 Å². The molecule has 2 rings (SSSR count). The summed E-state index contributed by atoms with van der Waals surface area (Å²) in [4.78, 5) is -0.505. The topological polar surface area (TPSA) is 99.9 Å². The second-order valence-electron chi connectivity index (χ2n) is 5.34. The molecule has 0 aliphatic carbocycles. The number of nitrogens with one attached hydrogen (secondary N) is 1. The number of ether oxygens (including phenoxy) is 3. The molecule has 0 radical (unpaired) electrons. The van der Waals surface area contributed by atoms with E-state index in [1.54, 1.807) is 0 Å². The summed E-state index contributed by atoms with van der Waals surface area (Å²) in [5, 5.41) is 0. The second kappa shape index (κ2) is 7.00. The minimum atomic E-state index is -4.11. The van der Waals surface area contributed by atoms with Gasteiger partial charge in [-0.15, -0.1) is 0 Å². The Morgan fingerprint density at radius 1 is 1.26 bits per heavy atom. The number of benzene rings is 1. The average Bonchev–Trinajstić information content (AvgIpc) is 2.54. The molecule has 1 aliphatic heterocycles. The van der Waals surface area contributed by atoms with Gasteiger partial charge in [-0.2, -0.15) is 0 Å². The van der Waals surface area contributed by atoms with Crippen LogP contribution in [0.3, 0.4) is 0 Å². The lowest BCUT2D eigenvalue weighted by Crippen LogP contribution is -2.56. The molecule has 0 bridgehead atoms. The van der Waals surface area contributed by atoms with Crippen LogP contribution in [0.2, 0.25) is 0 Å². The van der Waals surface area contributed by atoms with E-state index in [9.17, 15) is 12.8 Å². The van der Waals surface area contributed by atoms with Crippen molar-refractivity contribution in [2.24, 2.45) is 5.73 Å². The molecular formula is C14H21FN2O5S. The summed E-state index contributed by atoms with van der Waals surface area (Å²) >= 11 is 0. The molecule has 0 spiro atoms. The number of hydrogen-bond acceptors (Lipinski definition) is 6. The van der Waals surface area contributed by atoms with Gasteiger partial charge in [-0.1, -0.05) is 0 Å². The molecule has 1 fully saturated rings. The molecule has 3 N–H and O–H groups in total. The predicted octanol–water partition coefficient (Wildman–Crippen LogP) is 0.629. The van der Waals surface area contributed by atoms with E-state index in [4.69, 9.17) is 19.9 Å². The van der Waals surface area contributed by atoms with E-state index >= 15 is 0 Å². The van der Waals surface area contributed by atoms with Crippen molar-refractivity contribution in [1.29, 1.82) is 0 Å². The summed E-state index contributed by atoms with van der Waals surface area (Å²) in [6, 6.07) is 2.08. The Kier molecular flexibility index (Phi) is 5.45. The van der Waals surface area contributed by atoms with Crippen molar-refractivity contribution < 1.29 is 27.0 Å². The number of nitrogens with two attached hydrogens (primary N) is 1. The maximum Gasteiger partial charge on any atom is 0.244 e. The zero-order valence-corrected chi connectivity index (χ0v) is 13.9. The Morgan fingerprint density at radius 2 is 1.83 bits per heavy atom. The van der Waals surface area contributed by atoms with Gasteiger partial charge in [0.15, 0.2) is 11.5 Å². The molecule has 1 aromatic carbocycles. The minimum Gasteiger partial charge on any atom is -0.493 e. The molecule has 0 amide bonds. The molecule has 9 heteroatoms. The van der Waals surface area contributed by atoms with E-state index < -0.39 is 26.3 Å². The first-order valence-corrected chi connectivity index (χ1v) is 8.59. The molecule has 1 heterocycles. The molecule has 1 aromatic rings. The van der Waals surface area contributed by atoms with Crippen LogP contribution in [0.1, 0.15) is 12.8 Å². The van der Waals surface area contributed by atoms with Crippen molar-refractivity contribution >= 4 is 10.0 Å². The highest BCUT2D eigenvalue weighted by Gasteiger charge is 2.37. The first-order chi connectivity index (χ1) is 10.9. The lowest BCUT2D eigenvalue weighted by Gasteiger charge is -2.36. The summed E-state index contributed by atoms with van der Waals surface area (Å²) in [6.07, 6.45) is 0.856. The number of rotatable bonds is 6. The van der Waals surface area contributed by atoms with Crippen molar-refractivity contribution in [3.05, 3.63) is 17.9 Å². The van der Waals surface area contributed by atoms with Gasteiger partial charge in [-0.3, -0.25) is 0 Å². The molecule has 0 atom stereocenters. The van der Waals surface area contributed by atoms with Gasteiger partial charge in [0.1, 0.15) is 10.7 Å². The van der Waals surface area contributed by atoms with E-state index in [2.05, 4.69) is 4.72 Å². The lowest BCUT2D eigenvalue weighted by molar-refractivity contribution is 0.0501. The normalized spacial score (nSPS) is 17.7. The Hall–Kier alpha value is -1.42. The maximum absolute atomic E-state index is 14.2. The van der Waals surface area contributed by atoms with Crippen LogP contribution >= 0.6 is 0 Å². The van der Waals surface area contributed by atoms with Gasteiger partial charge in [0.05, 0.1) is 14.2 Å². The van der Waals surface area contributed by atoms with Gasteiger partial charge in [0.25, 0.3) is 0 Å². The number of sulfonamides is 1. The molecule has 0 saturated carbocycles. The SMILES string of the molecule is COc1cc(F)c(S(=O)(=O)NC2(CN)CCOCC2)cc1OC.